The first-order valence-corrected chi connectivity index (χ1v) is 22.8. The molecule has 0 saturated carbocycles. The molecule has 0 aromatic heterocycles. The third-order valence-corrected chi connectivity index (χ3v) is 10.4. The monoisotopic (exact) mass is 728 g/mol. The molecule has 0 aliphatic rings. The lowest BCUT2D eigenvalue weighted by atomic mass is 10.0. The van der Waals surface area contributed by atoms with Gasteiger partial charge in [0.05, 0.1) is 18.8 Å². The van der Waals surface area contributed by atoms with E-state index in [1.165, 1.54) is 154 Å². The van der Waals surface area contributed by atoms with Gasteiger partial charge in [-0.25, -0.2) is 0 Å². The van der Waals surface area contributed by atoms with Crippen LogP contribution in [0.25, 0.3) is 0 Å². The van der Waals surface area contributed by atoms with Gasteiger partial charge in [0.25, 0.3) is 0 Å². The lowest BCUT2D eigenvalue weighted by Gasteiger charge is -2.22. The molecule has 4 heteroatoms. The first-order valence-electron chi connectivity index (χ1n) is 22.8. The Bertz CT molecular complexity index is 831. The Kier molecular flexibility index (Phi) is 42.4. The van der Waals surface area contributed by atoms with E-state index in [1.807, 2.05) is 0 Å². The maximum absolute atomic E-state index is 12.3. The molecule has 0 bridgehead atoms. The minimum absolute atomic E-state index is 0.0342. The fourth-order valence-corrected chi connectivity index (χ4v) is 6.88. The molecule has 0 radical (unpaired) electrons. The highest BCUT2D eigenvalue weighted by molar-refractivity contribution is 5.76. The van der Waals surface area contributed by atoms with Crippen LogP contribution in [-0.2, 0) is 4.79 Å². The molecule has 0 spiro atoms. The SMILES string of the molecule is CC/C=C\C/C=C\C/C=C\C/C=C\CCCCCCCCCCCCCCCCCCCCCCC(=O)NC(CO)C(O)CCCCCCCCC. The molecule has 0 aliphatic heterocycles. The first kappa shape index (κ1) is 50.4. The Balaban J connectivity index is 3.38. The van der Waals surface area contributed by atoms with Gasteiger partial charge in [-0.1, -0.05) is 223 Å². The van der Waals surface area contributed by atoms with Crippen molar-refractivity contribution in [3.05, 3.63) is 48.6 Å². The second-order valence-corrected chi connectivity index (χ2v) is 15.4. The van der Waals surface area contributed by atoms with Crippen LogP contribution in [0.5, 0.6) is 0 Å². The van der Waals surface area contributed by atoms with Crippen molar-refractivity contribution in [3.63, 3.8) is 0 Å². The Morgan fingerprint density at radius 2 is 0.846 bits per heavy atom. The van der Waals surface area contributed by atoms with Gasteiger partial charge in [0.2, 0.25) is 5.91 Å². The second-order valence-electron chi connectivity index (χ2n) is 15.4. The number of hydrogen-bond donors (Lipinski definition) is 3. The first-order chi connectivity index (χ1) is 25.7. The van der Waals surface area contributed by atoms with Crippen molar-refractivity contribution in [2.24, 2.45) is 0 Å². The van der Waals surface area contributed by atoms with Crippen LogP contribution in [0.1, 0.15) is 232 Å². The van der Waals surface area contributed by atoms with Crippen LogP contribution in [-0.4, -0.2) is 34.9 Å². The van der Waals surface area contributed by atoms with Gasteiger partial charge in [-0.15, -0.1) is 0 Å². The summed E-state index contributed by atoms with van der Waals surface area (Å²) in [4.78, 5) is 12.3. The third-order valence-electron chi connectivity index (χ3n) is 10.4. The number of aliphatic hydroxyl groups is 2. The molecule has 52 heavy (non-hydrogen) atoms. The van der Waals surface area contributed by atoms with Gasteiger partial charge in [0.1, 0.15) is 0 Å². The number of carbonyl (C=O) groups excluding carboxylic acids is 1. The number of rotatable bonds is 41. The molecular weight excluding hydrogens is 639 g/mol. The number of aliphatic hydroxyl groups excluding tert-OH is 2. The summed E-state index contributed by atoms with van der Waals surface area (Å²) in [5, 5.41) is 22.9. The third kappa shape index (κ3) is 39.6. The molecule has 0 fully saturated rings. The molecule has 0 rings (SSSR count). The predicted octanol–water partition coefficient (Wildman–Crippen LogP) is 14.4. The maximum atomic E-state index is 12.3. The van der Waals surface area contributed by atoms with E-state index < -0.39 is 12.1 Å². The summed E-state index contributed by atoms with van der Waals surface area (Å²) in [6, 6.07) is -0.531. The standard InChI is InChI=1S/C48H89NO3/c1-3-5-7-9-11-12-13-14-15-16-17-18-19-20-21-22-23-24-25-26-27-28-29-30-31-32-33-34-35-36-38-40-42-44-48(52)49-46(45-50)47(51)43-41-39-37-10-8-6-4-2/h5,7,11-12,14-15,17-18,46-47,50-51H,3-4,6,8-10,13,16,19-45H2,1-2H3,(H,49,52)/b7-5-,12-11-,15-14-,18-17-. The van der Waals surface area contributed by atoms with Gasteiger partial charge in [-0.3, -0.25) is 4.79 Å². The number of nitrogens with one attached hydrogen (secondary N) is 1. The molecule has 2 atom stereocenters. The molecule has 1 amide bonds. The summed E-state index contributed by atoms with van der Waals surface area (Å²) in [6.45, 7) is 4.20. The summed E-state index contributed by atoms with van der Waals surface area (Å²) in [5.41, 5.74) is 0. The number of hydrogen-bond acceptors (Lipinski definition) is 3. The van der Waals surface area contributed by atoms with Crippen LogP contribution in [0.15, 0.2) is 48.6 Å². The Morgan fingerprint density at radius 3 is 1.27 bits per heavy atom. The topological polar surface area (TPSA) is 69.6 Å². The molecule has 2 unspecified atom stereocenters. The zero-order valence-electron chi connectivity index (χ0n) is 34.8. The number of unbranched alkanes of at least 4 members (excludes halogenated alkanes) is 26. The fraction of sp³-hybridized carbons (Fsp3) is 0.812. The van der Waals surface area contributed by atoms with E-state index in [4.69, 9.17) is 0 Å². The zero-order chi connectivity index (χ0) is 37.8. The predicted molar refractivity (Wildman–Crippen MR) is 230 cm³/mol. The van der Waals surface area contributed by atoms with Gasteiger partial charge < -0.3 is 15.5 Å². The molecule has 304 valence electrons. The second kappa shape index (κ2) is 43.8. The zero-order valence-corrected chi connectivity index (χ0v) is 34.8. The van der Waals surface area contributed by atoms with Crippen molar-refractivity contribution in [1.29, 1.82) is 0 Å². The van der Waals surface area contributed by atoms with Crippen molar-refractivity contribution in [3.8, 4) is 0 Å². The van der Waals surface area contributed by atoms with Crippen LogP contribution in [0.3, 0.4) is 0 Å². The van der Waals surface area contributed by atoms with E-state index >= 15 is 0 Å². The average molecular weight is 728 g/mol. The van der Waals surface area contributed by atoms with E-state index in [0.29, 0.717) is 12.8 Å². The molecule has 0 aromatic carbocycles. The van der Waals surface area contributed by atoms with Gasteiger partial charge >= 0.3 is 0 Å². The average Bonchev–Trinajstić information content (AvgIpc) is 3.15. The molecule has 0 aromatic rings. The fourth-order valence-electron chi connectivity index (χ4n) is 6.88. The largest absolute Gasteiger partial charge is 0.394 e. The van der Waals surface area contributed by atoms with Gasteiger partial charge in [-0.2, -0.15) is 0 Å². The van der Waals surface area contributed by atoms with E-state index in [2.05, 4.69) is 67.8 Å². The van der Waals surface area contributed by atoms with E-state index in [1.54, 1.807) is 0 Å². The van der Waals surface area contributed by atoms with E-state index in [9.17, 15) is 15.0 Å². The highest BCUT2D eigenvalue weighted by atomic mass is 16.3. The summed E-state index contributed by atoms with van der Waals surface area (Å²) in [6.07, 6.45) is 59.4. The van der Waals surface area contributed by atoms with Gasteiger partial charge in [0, 0.05) is 6.42 Å². The van der Waals surface area contributed by atoms with Gasteiger partial charge in [0.15, 0.2) is 0 Å². The minimum atomic E-state index is -0.654. The normalized spacial score (nSPS) is 13.4. The van der Waals surface area contributed by atoms with Crippen molar-refractivity contribution in [1.82, 2.24) is 5.32 Å². The Morgan fingerprint density at radius 1 is 0.481 bits per heavy atom. The summed E-state index contributed by atoms with van der Waals surface area (Å²) < 4.78 is 0. The van der Waals surface area contributed by atoms with Crippen molar-refractivity contribution in [2.75, 3.05) is 6.61 Å². The molecule has 0 aliphatic carbocycles. The Labute approximate surface area is 324 Å². The molecule has 0 saturated heterocycles. The van der Waals surface area contributed by atoms with Crippen molar-refractivity contribution < 1.29 is 15.0 Å². The number of allylic oxidation sites excluding steroid dienone is 8. The van der Waals surface area contributed by atoms with Crippen LogP contribution in [0, 0.1) is 0 Å². The maximum Gasteiger partial charge on any atom is 0.220 e. The van der Waals surface area contributed by atoms with Gasteiger partial charge in [-0.05, 0) is 51.4 Å². The lowest BCUT2D eigenvalue weighted by Crippen LogP contribution is -2.45. The molecule has 0 heterocycles. The van der Waals surface area contributed by atoms with Crippen LogP contribution < -0.4 is 5.32 Å². The van der Waals surface area contributed by atoms with Crippen molar-refractivity contribution >= 4 is 5.91 Å². The van der Waals surface area contributed by atoms with E-state index in [-0.39, 0.29) is 12.5 Å². The summed E-state index contributed by atoms with van der Waals surface area (Å²) in [5.74, 6) is -0.0342. The molecular formula is C48H89NO3. The summed E-state index contributed by atoms with van der Waals surface area (Å²) >= 11 is 0. The smallest absolute Gasteiger partial charge is 0.220 e. The highest BCUT2D eigenvalue weighted by Crippen LogP contribution is 2.16. The number of amides is 1. The molecule has 4 nitrogen and oxygen atoms in total. The van der Waals surface area contributed by atoms with E-state index in [0.717, 1.165) is 51.4 Å². The number of carbonyl (C=O) groups is 1. The quantitative estimate of drug-likeness (QED) is 0.0434. The lowest BCUT2D eigenvalue weighted by molar-refractivity contribution is -0.123. The van der Waals surface area contributed by atoms with Crippen molar-refractivity contribution in [2.45, 2.75) is 244 Å². The highest BCUT2D eigenvalue weighted by Gasteiger charge is 2.20. The van der Waals surface area contributed by atoms with Crippen LogP contribution in [0.2, 0.25) is 0 Å². The molecule has 3 N–H and O–H groups in total. The van der Waals surface area contributed by atoms with Crippen LogP contribution in [0.4, 0.5) is 0 Å². The Hall–Kier alpha value is -1.65. The summed E-state index contributed by atoms with van der Waals surface area (Å²) in [7, 11) is 0. The van der Waals surface area contributed by atoms with Crippen LogP contribution >= 0.6 is 0 Å². The minimum Gasteiger partial charge on any atom is -0.394 e.